The van der Waals surface area contributed by atoms with E-state index >= 15 is 0 Å². The van der Waals surface area contributed by atoms with Crippen LogP contribution < -0.4 is 5.32 Å². The molecule has 2 heterocycles. The summed E-state index contributed by atoms with van der Waals surface area (Å²) in [5.74, 6) is -0.271. The number of aliphatic hydroxyl groups excluding tert-OH is 8. The molecule has 0 spiro atoms. The second kappa shape index (κ2) is 38.3. The third kappa shape index (κ3) is 25.2. The lowest BCUT2D eigenvalue weighted by molar-refractivity contribution is -0.359. The van der Waals surface area contributed by atoms with Gasteiger partial charge < -0.3 is 65.1 Å². The van der Waals surface area contributed by atoms with Crippen LogP contribution in [0.4, 0.5) is 0 Å². The average Bonchev–Trinajstić information content (AvgIpc) is 3.31. The predicted octanol–water partition coefficient (Wildman–Crippen LogP) is 6.43. The second-order valence-electron chi connectivity index (χ2n) is 17.6. The SMILES string of the molecule is CCCCC/C=C\C/C=C\C/C=C\CCCCCCCCC(=O)NC(COC1OC(CO)C(OC2OC(CO)C(O)C(O)C2O)C(O)C1O)C(O)/C=C/CC/C=C/CC/C=C/CCCCC. The second-order valence-corrected chi connectivity index (χ2v) is 17.6. The van der Waals surface area contributed by atoms with E-state index in [4.69, 9.17) is 18.9 Å². The molecular weight excluding hydrogens is 847 g/mol. The molecule has 9 N–H and O–H groups in total. The number of hydrogen-bond donors (Lipinski definition) is 9. The molecule has 0 saturated carbocycles. The van der Waals surface area contributed by atoms with E-state index in [1.165, 1.54) is 44.9 Å². The zero-order valence-corrected chi connectivity index (χ0v) is 40.2. The quantitative estimate of drug-likeness (QED) is 0.0242. The fourth-order valence-corrected chi connectivity index (χ4v) is 7.68. The number of rotatable bonds is 37. The minimum atomic E-state index is -1.80. The van der Waals surface area contributed by atoms with Gasteiger partial charge in [0.1, 0.15) is 48.8 Å². The third-order valence-electron chi connectivity index (χ3n) is 11.8. The van der Waals surface area contributed by atoms with Crippen molar-refractivity contribution in [3.05, 3.63) is 72.9 Å². The van der Waals surface area contributed by atoms with Crippen LogP contribution in [0.3, 0.4) is 0 Å². The smallest absolute Gasteiger partial charge is 0.220 e. The summed E-state index contributed by atoms with van der Waals surface area (Å²) in [6.45, 7) is 2.66. The molecule has 2 aliphatic heterocycles. The lowest BCUT2D eigenvalue weighted by Gasteiger charge is -2.46. The zero-order chi connectivity index (χ0) is 48.2. The predicted molar refractivity (Wildman–Crippen MR) is 258 cm³/mol. The molecule has 0 aromatic carbocycles. The lowest BCUT2D eigenvalue weighted by atomic mass is 9.97. The minimum absolute atomic E-state index is 0.251. The first kappa shape index (κ1) is 59.6. The van der Waals surface area contributed by atoms with Crippen LogP contribution in [-0.4, -0.2) is 140 Å². The van der Waals surface area contributed by atoms with E-state index in [0.29, 0.717) is 12.8 Å². The van der Waals surface area contributed by atoms with Crippen LogP contribution in [0.1, 0.15) is 155 Å². The van der Waals surface area contributed by atoms with Gasteiger partial charge in [0.05, 0.1) is 32.0 Å². The molecule has 0 aliphatic carbocycles. The van der Waals surface area contributed by atoms with Crippen molar-refractivity contribution >= 4 is 5.91 Å². The van der Waals surface area contributed by atoms with Gasteiger partial charge in [0.15, 0.2) is 12.6 Å². The van der Waals surface area contributed by atoms with E-state index in [-0.39, 0.29) is 18.9 Å². The first-order valence-electron chi connectivity index (χ1n) is 25.2. The van der Waals surface area contributed by atoms with E-state index in [9.17, 15) is 45.6 Å². The Bertz CT molecular complexity index is 1380. The molecule has 14 heteroatoms. The summed E-state index contributed by atoms with van der Waals surface area (Å²) in [5.41, 5.74) is 0. The van der Waals surface area contributed by atoms with Gasteiger partial charge in [-0.25, -0.2) is 0 Å². The van der Waals surface area contributed by atoms with Crippen LogP contribution in [0.15, 0.2) is 72.9 Å². The first-order chi connectivity index (χ1) is 32.1. The topological polar surface area (TPSA) is 228 Å². The standard InChI is InChI=1S/C52H89NO13/c1-3-5-7-9-11-13-15-17-18-19-20-21-22-24-26-28-30-32-34-36-44(57)53-40(41(56)35-33-31-29-27-25-23-16-14-12-10-8-6-4-2)39-63-51-49(62)47(60)50(43(38-55)65-51)66-52-48(61)46(59)45(58)42(37-54)64-52/h11-14,17-18,20-21,25,27,33,35,40-43,45-52,54-56,58-62H,3-10,15-16,19,22-24,26,28-32,34,36-39H2,1-2H3,(H,53,57)/b13-11-,14-12+,18-17-,21-20-,27-25+,35-33+. The molecule has 12 atom stereocenters. The van der Waals surface area contributed by atoms with Crippen molar-refractivity contribution in [2.75, 3.05) is 19.8 Å². The van der Waals surface area contributed by atoms with E-state index in [2.05, 4.69) is 79.9 Å². The van der Waals surface area contributed by atoms with Crippen molar-refractivity contribution in [3.8, 4) is 0 Å². The van der Waals surface area contributed by atoms with Gasteiger partial charge in [0, 0.05) is 6.42 Å². The number of allylic oxidation sites excluding steroid dienone is 11. The highest BCUT2D eigenvalue weighted by Gasteiger charge is 2.51. The number of nitrogens with one attached hydrogen (secondary N) is 1. The Balaban J connectivity index is 1.87. The van der Waals surface area contributed by atoms with Gasteiger partial charge in [-0.3, -0.25) is 4.79 Å². The Hall–Kier alpha value is -2.57. The number of carbonyl (C=O) groups excluding carboxylic acids is 1. The number of unbranched alkanes of at least 4 members (excludes halogenated alkanes) is 14. The molecule has 12 unspecified atom stereocenters. The molecule has 0 bridgehead atoms. The number of aliphatic hydroxyl groups is 8. The van der Waals surface area contributed by atoms with Gasteiger partial charge in [0.25, 0.3) is 0 Å². The molecule has 2 saturated heterocycles. The van der Waals surface area contributed by atoms with Crippen LogP contribution >= 0.6 is 0 Å². The van der Waals surface area contributed by atoms with Crippen LogP contribution in [0.5, 0.6) is 0 Å². The van der Waals surface area contributed by atoms with Crippen molar-refractivity contribution in [2.45, 2.75) is 229 Å². The average molecular weight is 936 g/mol. The molecule has 0 radical (unpaired) electrons. The largest absolute Gasteiger partial charge is 0.394 e. The van der Waals surface area contributed by atoms with Gasteiger partial charge in [-0.2, -0.15) is 0 Å². The molecule has 66 heavy (non-hydrogen) atoms. The Kier molecular flexibility index (Phi) is 34.6. The number of hydrogen-bond acceptors (Lipinski definition) is 13. The highest BCUT2D eigenvalue weighted by atomic mass is 16.7. The Labute approximate surface area is 396 Å². The van der Waals surface area contributed by atoms with E-state index in [0.717, 1.165) is 77.0 Å². The number of carbonyl (C=O) groups is 1. The Morgan fingerprint density at radius 1 is 0.545 bits per heavy atom. The monoisotopic (exact) mass is 936 g/mol. The maximum Gasteiger partial charge on any atom is 0.220 e. The molecule has 1 amide bonds. The van der Waals surface area contributed by atoms with Crippen molar-refractivity contribution in [1.82, 2.24) is 5.32 Å². The molecule has 14 nitrogen and oxygen atoms in total. The summed E-state index contributed by atoms with van der Waals surface area (Å²) in [4.78, 5) is 13.2. The molecule has 2 rings (SSSR count). The summed E-state index contributed by atoms with van der Waals surface area (Å²) in [7, 11) is 0. The maximum atomic E-state index is 13.2. The minimum Gasteiger partial charge on any atom is -0.394 e. The van der Waals surface area contributed by atoms with Crippen LogP contribution in [0, 0.1) is 0 Å². The fourth-order valence-electron chi connectivity index (χ4n) is 7.68. The van der Waals surface area contributed by atoms with Crippen LogP contribution in [0.2, 0.25) is 0 Å². The molecular formula is C52H89NO13. The van der Waals surface area contributed by atoms with Gasteiger partial charge in [-0.15, -0.1) is 0 Å². The van der Waals surface area contributed by atoms with E-state index in [1.54, 1.807) is 6.08 Å². The van der Waals surface area contributed by atoms with Gasteiger partial charge in [-0.05, 0) is 83.5 Å². The van der Waals surface area contributed by atoms with Crippen LogP contribution in [0.25, 0.3) is 0 Å². The summed E-state index contributed by atoms with van der Waals surface area (Å²) in [5, 5.41) is 86.6. The highest BCUT2D eigenvalue weighted by molar-refractivity contribution is 5.76. The number of ether oxygens (including phenoxy) is 4. The summed E-state index contributed by atoms with van der Waals surface area (Å²) < 4.78 is 22.6. The maximum absolute atomic E-state index is 13.2. The molecule has 380 valence electrons. The molecule has 2 fully saturated rings. The normalized spacial score (nSPS) is 27.4. The first-order valence-corrected chi connectivity index (χ1v) is 25.2. The van der Waals surface area contributed by atoms with Gasteiger partial charge in [0.2, 0.25) is 5.91 Å². The van der Waals surface area contributed by atoms with Crippen molar-refractivity contribution in [1.29, 1.82) is 0 Å². The summed E-state index contributed by atoms with van der Waals surface area (Å²) in [6, 6.07) is -0.947. The lowest BCUT2D eigenvalue weighted by Crippen LogP contribution is -2.65. The van der Waals surface area contributed by atoms with E-state index < -0.39 is 86.8 Å². The molecule has 2 aliphatic rings. The number of amides is 1. The third-order valence-corrected chi connectivity index (χ3v) is 11.8. The summed E-state index contributed by atoms with van der Waals surface area (Å²) >= 11 is 0. The van der Waals surface area contributed by atoms with Crippen molar-refractivity contribution in [2.24, 2.45) is 0 Å². The summed E-state index contributed by atoms with van der Waals surface area (Å²) in [6.07, 6.45) is 30.8. The Morgan fingerprint density at radius 2 is 1.02 bits per heavy atom. The molecule has 0 aromatic heterocycles. The van der Waals surface area contributed by atoms with Crippen molar-refractivity contribution in [3.63, 3.8) is 0 Å². The fraction of sp³-hybridized carbons (Fsp3) is 0.750. The highest BCUT2D eigenvalue weighted by Crippen LogP contribution is 2.30. The van der Waals surface area contributed by atoms with E-state index in [1.807, 2.05) is 6.08 Å². The Morgan fingerprint density at radius 3 is 1.59 bits per heavy atom. The molecule has 0 aromatic rings. The van der Waals surface area contributed by atoms with Crippen LogP contribution in [-0.2, 0) is 23.7 Å². The zero-order valence-electron chi connectivity index (χ0n) is 40.2. The van der Waals surface area contributed by atoms with Gasteiger partial charge in [-0.1, -0.05) is 138 Å². The van der Waals surface area contributed by atoms with Gasteiger partial charge >= 0.3 is 0 Å². The van der Waals surface area contributed by atoms with Crippen molar-refractivity contribution < 1.29 is 64.6 Å².